The number of hydrogen-bond acceptors (Lipinski definition) is 4. The number of nitrogens with zero attached hydrogens (tertiary/aromatic N) is 3. The van der Waals surface area contributed by atoms with Crippen LogP contribution < -0.4 is 5.32 Å². The molecule has 26 heavy (non-hydrogen) atoms. The Morgan fingerprint density at radius 2 is 1.88 bits per heavy atom. The van der Waals surface area contributed by atoms with Crippen LogP contribution >= 0.6 is 0 Å². The van der Waals surface area contributed by atoms with Crippen LogP contribution in [0.4, 0.5) is 0 Å². The summed E-state index contributed by atoms with van der Waals surface area (Å²) in [5.41, 5.74) is 0. The van der Waals surface area contributed by atoms with Gasteiger partial charge in [-0.25, -0.2) is 0 Å². The van der Waals surface area contributed by atoms with Crippen molar-refractivity contribution in [2.24, 2.45) is 4.99 Å². The smallest absolute Gasteiger partial charge is 0.251 e. The van der Waals surface area contributed by atoms with Gasteiger partial charge in [0.1, 0.15) is 6.10 Å². The van der Waals surface area contributed by atoms with Gasteiger partial charge in [0.2, 0.25) is 0 Å². The van der Waals surface area contributed by atoms with Crippen molar-refractivity contribution < 1.29 is 13.7 Å². The summed E-state index contributed by atoms with van der Waals surface area (Å²) in [6.07, 6.45) is 1.58. The summed E-state index contributed by atoms with van der Waals surface area (Å²) in [4.78, 5) is 21.2. The normalized spacial score (nSPS) is 23.2. The second-order valence-corrected chi connectivity index (χ2v) is 10.0. The first-order chi connectivity index (χ1) is 12.3. The first kappa shape index (κ1) is 21.2. The van der Waals surface area contributed by atoms with Crippen LogP contribution in [0.5, 0.6) is 0 Å². The molecule has 150 valence electrons. The van der Waals surface area contributed by atoms with Crippen molar-refractivity contribution in [2.75, 3.05) is 51.6 Å². The summed E-state index contributed by atoms with van der Waals surface area (Å²) in [5.74, 6) is 1.54. The van der Waals surface area contributed by atoms with Crippen molar-refractivity contribution in [3.63, 3.8) is 0 Å². The highest BCUT2D eigenvalue weighted by atomic mass is 32.2. The number of aliphatic imine (C=N–C) groups is 1. The van der Waals surface area contributed by atoms with E-state index in [0.717, 1.165) is 38.4 Å². The Balaban J connectivity index is 1.85. The third-order valence-electron chi connectivity index (χ3n) is 4.65. The van der Waals surface area contributed by atoms with E-state index in [4.69, 9.17) is 4.74 Å². The fraction of sp³-hybridized carbons (Fsp3) is 0.889. The third-order valence-corrected chi connectivity index (χ3v) is 6.57. The number of amides is 1. The van der Waals surface area contributed by atoms with E-state index < -0.39 is 10.8 Å². The monoisotopic (exact) mass is 386 g/mol. The Kier molecular flexibility index (Phi) is 7.88. The van der Waals surface area contributed by atoms with Gasteiger partial charge in [-0.2, -0.15) is 0 Å². The van der Waals surface area contributed by atoms with Gasteiger partial charge in [0, 0.05) is 60.6 Å². The Morgan fingerprint density at radius 1 is 1.23 bits per heavy atom. The van der Waals surface area contributed by atoms with Crippen LogP contribution in [0.15, 0.2) is 4.99 Å². The van der Waals surface area contributed by atoms with Crippen molar-refractivity contribution in [3.8, 4) is 0 Å². The second kappa shape index (κ2) is 9.69. The Morgan fingerprint density at radius 3 is 2.42 bits per heavy atom. The first-order valence-electron chi connectivity index (χ1n) is 9.65. The zero-order chi connectivity index (χ0) is 19.2. The van der Waals surface area contributed by atoms with Crippen LogP contribution in [0.25, 0.3) is 0 Å². The molecular weight excluding hydrogens is 352 g/mol. The molecule has 8 heteroatoms. The highest BCUT2D eigenvalue weighted by Gasteiger charge is 2.31. The molecule has 2 rings (SSSR count). The lowest BCUT2D eigenvalue weighted by molar-refractivity contribution is -0.142. The minimum absolute atomic E-state index is 0.129. The average molecular weight is 387 g/mol. The van der Waals surface area contributed by atoms with Crippen molar-refractivity contribution in [1.82, 2.24) is 15.1 Å². The highest BCUT2D eigenvalue weighted by Crippen LogP contribution is 2.16. The lowest BCUT2D eigenvalue weighted by Crippen LogP contribution is -2.55. The third kappa shape index (κ3) is 5.94. The van der Waals surface area contributed by atoms with E-state index in [2.05, 4.69) is 15.2 Å². The summed E-state index contributed by atoms with van der Waals surface area (Å²) in [6, 6.07) is 0. The van der Waals surface area contributed by atoms with E-state index in [-0.39, 0.29) is 16.8 Å². The molecule has 7 nitrogen and oxygen atoms in total. The van der Waals surface area contributed by atoms with E-state index in [0.29, 0.717) is 32.0 Å². The molecule has 0 aromatic carbocycles. The van der Waals surface area contributed by atoms with Gasteiger partial charge in [-0.05, 0) is 40.5 Å². The quantitative estimate of drug-likeness (QED) is 0.559. The molecule has 2 aliphatic rings. The Labute approximate surface area is 160 Å². The molecule has 1 N–H and O–H groups in total. The predicted octanol–water partition coefficient (Wildman–Crippen LogP) is 0.822. The Bertz CT molecular complexity index is 519. The lowest BCUT2D eigenvalue weighted by atomic mass is 10.2. The minimum atomic E-state index is -0.896. The lowest BCUT2D eigenvalue weighted by Gasteiger charge is -2.37. The maximum Gasteiger partial charge on any atom is 0.251 e. The van der Waals surface area contributed by atoms with Gasteiger partial charge < -0.3 is 19.9 Å². The van der Waals surface area contributed by atoms with Gasteiger partial charge in [0.05, 0.1) is 6.54 Å². The van der Waals surface area contributed by atoms with E-state index >= 15 is 0 Å². The Hall–Kier alpha value is -1.15. The molecular formula is C18H34N4O3S. The van der Waals surface area contributed by atoms with E-state index in [1.165, 1.54) is 0 Å². The van der Waals surface area contributed by atoms with Crippen molar-refractivity contribution in [3.05, 3.63) is 0 Å². The fourth-order valence-electron chi connectivity index (χ4n) is 3.08. The van der Waals surface area contributed by atoms with Crippen LogP contribution in [-0.4, -0.2) is 88.4 Å². The molecule has 2 heterocycles. The maximum atomic E-state index is 12.4. The molecule has 2 unspecified atom stereocenters. The van der Waals surface area contributed by atoms with Gasteiger partial charge in [-0.15, -0.1) is 0 Å². The first-order valence-corrected chi connectivity index (χ1v) is 11.0. The number of rotatable bonds is 5. The number of hydrogen-bond donors (Lipinski definition) is 1. The summed E-state index contributed by atoms with van der Waals surface area (Å²) >= 11 is 0. The molecule has 0 aliphatic carbocycles. The molecule has 2 atom stereocenters. The number of piperazine rings is 1. The zero-order valence-corrected chi connectivity index (χ0v) is 17.4. The van der Waals surface area contributed by atoms with E-state index in [1.807, 2.05) is 32.6 Å². The van der Waals surface area contributed by atoms with Gasteiger partial charge in [-0.1, -0.05) is 0 Å². The van der Waals surface area contributed by atoms with Crippen LogP contribution in [0.1, 0.15) is 40.5 Å². The highest BCUT2D eigenvalue weighted by molar-refractivity contribution is 7.86. The van der Waals surface area contributed by atoms with Crippen LogP contribution in [0.2, 0.25) is 0 Å². The molecule has 2 aliphatic heterocycles. The summed E-state index contributed by atoms with van der Waals surface area (Å²) < 4.78 is 17.5. The number of guanidine groups is 1. The van der Waals surface area contributed by atoms with Crippen molar-refractivity contribution in [2.45, 2.75) is 51.4 Å². The van der Waals surface area contributed by atoms with Gasteiger partial charge in [0.15, 0.2) is 5.96 Å². The minimum Gasteiger partial charge on any atom is -0.368 e. The standard InChI is InChI=1S/C18H34N4O3S/c1-5-19-17(20-8-14-26(24)18(2,3)4)22-11-9-21(10-12-22)16(23)15-7-6-13-25-15/h15H,5-14H2,1-4H3,(H,19,20). The summed E-state index contributed by atoms with van der Waals surface area (Å²) in [5, 5.41) is 3.31. The molecule has 0 bridgehead atoms. The molecule has 1 amide bonds. The molecule has 2 fully saturated rings. The van der Waals surface area contributed by atoms with Crippen LogP contribution in [0, 0.1) is 0 Å². The predicted molar refractivity (Wildman–Crippen MR) is 106 cm³/mol. The SMILES string of the molecule is CCNC(=NCCS(=O)C(C)(C)C)N1CCN(C(=O)C2CCCO2)CC1. The number of ether oxygens (including phenoxy) is 1. The fourth-order valence-corrected chi connectivity index (χ4v) is 3.95. The second-order valence-electron chi connectivity index (χ2n) is 7.71. The van der Waals surface area contributed by atoms with Gasteiger partial charge in [-0.3, -0.25) is 14.0 Å². The molecule has 2 saturated heterocycles. The topological polar surface area (TPSA) is 74.2 Å². The van der Waals surface area contributed by atoms with Crippen molar-refractivity contribution >= 4 is 22.7 Å². The van der Waals surface area contributed by atoms with E-state index in [1.54, 1.807) is 0 Å². The molecule has 0 aromatic heterocycles. The van der Waals surface area contributed by atoms with Gasteiger partial charge in [0.25, 0.3) is 5.91 Å². The molecule has 0 saturated carbocycles. The summed E-state index contributed by atoms with van der Waals surface area (Å²) in [6.45, 7) is 12.9. The zero-order valence-electron chi connectivity index (χ0n) is 16.6. The molecule has 0 spiro atoms. The number of carbonyl (C=O) groups excluding carboxylic acids is 1. The van der Waals surface area contributed by atoms with Crippen LogP contribution in [-0.2, 0) is 20.3 Å². The van der Waals surface area contributed by atoms with E-state index in [9.17, 15) is 9.00 Å². The number of carbonyl (C=O) groups is 1. The average Bonchev–Trinajstić information content (AvgIpc) is 3.14. The maximum absolute atomic E-state index is 12.4. The van der Waals surface area contributed by atoms with Crippen LogP contribution in [0.3, 0.4) is 0 Å². The van der Waals surface area contributed by atoms with Crippen molar-refractivity contribution in [1.29, 1.82) is 0 Å². The van der Waals surface area contributed by atoms with Gasteiger partial charge >= 0.3 is 0 Å². The number of nitrogens with one attached hydrogen (secondary N) is 1. The molecule has 0 aromatic rings. The molecule has 0 radical (unpaired) electrons. The summed E-state index contributed by atoms with van der Waals surface area (Å²) in [7, 11) is -0.896. The largest absolute Gasteiger partial charge is 0.368 e.